The summed E-state index contributed by atoms with van der Waals surface area (Å²) in [5.41, 5.74) is 2.68. The van der Waals surface area contributed by atoms with Crippen molar-refractivity contribution in [1.29, 1.82) is 5.26 Å². The zero-order chi connectivity index (χ0) is 17.6. The van der Waals surface area contributed by atoms with Crippen molar-refractivity contribution in [2.24, 2.45) is 0 Å². The topological polar surface area (TPSA) is 47.3 Å². The molecule has 0 bridgehead atoms. The molecule has 1 saturated heterocycles. The van der Waals surface area contributed by atoms with Crippen molar-refractivity contribution < 1.29 is 4.79 Å². The Morgan fingerprint density at radius 3 is 2.36 bits per heavy atom. The van der Waals surface area contributed by atoms with Gasteiger partial charge in [-0.3, -0.25) is 9.69 Å². The van der Waals surface area contributed by atoms with Crippen LogP contribution in [0.4, 0.5) is 0 Å². The number of nitriles is 1. The third kappa shape index (κ3) is 4.26. The molecule has 0 aliphatic carbocycles. The van der Waals surface area contributed by atoms with Crippen LogP contribution in [0.15, 0.2) is 54.6 Å². The van der Waals surface area contributed by atoms with Gasteiger partial charge in [0.2, 0.25) is 0 Å². The molecule has 25 heavy (non-hydrogen) atoms. The summed E-state index contributed by atoms with van der Waals surface area (Å²) >= 11 is 0. The summed E-state index contributed by atoms with van der Waals surface area (Å²) in [5, 5.41) is 8.87. The van der Waals surface area contributed by atoms with Gasteiger partial charge >= 0.3 is 0 Å². The van der Waals surface area contributed by atoms with Crippen molar-refractivity contribution in [2.75, 3.05) is 20.1 Å². The summed E-state index contributed by atoms with van der Waals surface area (Å²) in [6, 6.07) is 19.9. The lowest BCUT2D eigenvalue weighted by molar-refractivity contribution is 0.0639. The van der Waals surface area contributed by atoms with E-state index >= 15 is 0 Å². The molecule has 2 aromatic rings. The minimum atomic E-state index is 0.133. The number of carbonyl (C=O) groups excluding carboxylic acids is 1. The summed E-state index contributed by atoms with van der Waals surface area (Å²) in [5.74, 6) is 0.133. The average molecular weight is 333 g/mol. The van der Waals surface area contributed by atoms with Crippen molar-refractivity contribution in [2.45, 2.75) is 25.4 Å². The standard InChI is InChI=1S/C21H23N3O/c1-23(16-18-9-7-17(15-22)8-10-18)20-11-13-24(14-12-20)21(25)19-5-3-2-4-6-19/h2-10,20H,11-14,16H2,1H3. The Balaban J connectivity index is 1.53. The van der Waals surface area contributed by atoms with Crippen LogP contribution in [0.1, 0.15) is 34.3 Å². The van der Waals surface area contributed by atoms with Gasteiger partial charge in [-0.2, -0.15) is 5.26 Å². The van der Waals surface area contributed by atoms with Gasteiger partial charge in [-0.25, -0.2) is 0 Å². The number of rotatable bonds is 4. The second-order valence-electron chi connectivity index (χ2n) is 6.61. The van der Waals surface area contributed by atoms with Gasteiger partial charge in [0.1, 0.15) is 0 Å². The molecule has 1 fully saturated rings. The van der Waals surface area contributed by atoms with Crippen LogP contribution < -0.4 is 0 Å². The largest absolute Gasteiger partial charge is 0.339 e. The third-order valence-corrected chi connectivity index (χ3v) is 4.91. The lowest BCUT2D eigenvalue weighted by Crippen LogP contribution is -2.45. The summed E-state index contributed by atoms with van der Waals surface area (Å²) in [6.07, 6.45) is 1.98. The van der Waals surface area contributed by atoms with Crippen LogP contribution in [0, 0.1) is 11.3 Å². The van der Waals surface area contributed by atoms with E-state index in [1.54, 1.807) is 0 Å². The van der Waals surface area contributed by atoms with E-state index < -0.39 is 0 Å². The first kappa shape index (κ1) is 17.2. The number of likely N-dealkylation sites (tertiary alicyclic amines) is 1. The summed E-state index contributed by atoms with van der Waals surface area (Å²) in [7, 11) is 2.14. The molecular formula is C21H23N3O. The number of hydrogen-bond acceptors (Lipinski definition) is 3. The van der Waals surface area contributed by atoms with Crippen molar-refractivity contribution in [3.05, 3.63) is 71.3 Å². The van der Waals surface area contributed by atoms with Gasteiger partial charge in [0, 0.05) is 31.2 Å². The molecule has 4 nitrogen and oxygen atoms in total. The SMILES string of the molecule is CN(Cc1ccc(C#N)cc1)C1CCN(C(=O)c2ccccc2)CC1. The summed E-state index contributed by atoms with van der Waals surface area (Å²) in [6.45, 7) is 2.47. The third-order valence-electron chi connectivity index (χ3n) is 4.91. The molecule has 1 aliphatic rings. The number of benzene rings is 2. The molecule has 0 spiro atoms. The highest BCUT2D eigenvalue weighted by atomic mass is 16.2. The lowest BCUT2D eigenvalue weighted by Gasteiger charge is -2.37. The van der Waals surface area contributed by atoms with E-state index in [9.17, 15) is 4.79 Å². The predicted octanol–water partition coefficient (Wildman–Crippen LogP) is 3.29. The molecule has 0 radical (unpaired) electrons. The van der Waals surface area contributed by atoms with Gasteiger partial charge in [0.25, 0.3) is 5.91 Å². The Bertz CT molecular complexity index is 741. The van der Waals surface area contributed by atoms with E-state index in [1.807, 2.05) is 59.5 Å². The van der Waals surface area contributed by atoms with Crippen molar-refractivity contribution in [3.8, 4) is 6.07 Å². The van der Waals surface area contributed by atoms with E-state index in [1.165, 1.54) is 5.56 Å². The molecule has 0 aromatic heterocycles. The molecule has 0 N–H and O–H groups in total. The van der Waals surface area contributed by atoms with Crippen molar-refractivity contribution >= 4 is 5.91 Å². The van der Waals surface area contributed by atoms with Gasteiger partial charge in [-0.15, -0.1) is 0 Å². The fourth-order valence-corrected chi connectivity index (χ4v) is 3.37. The van der Waals surface area contributed by atoms with Crippen LogP contribution in [-0.2, 0) is 6.54 Å². The van der Waals surface area contributed by atoms with E-state index in [0.29, 0.717) is 11.6 Å². The zero-order valence-electron chi connectivity index (χ0n) is 14.6. The monoisotopic (exact) mass is 333 g/mol. The van der Waals surface area contributed by atoms with Crippen molar-refractivity contribution in [1.82, 2.24) is 9.80 Å². The maximum Gasteiger partial charge on any atom is 0.253 e. The number of nitrogens with zero attached hydrogens (tertiary/aromatic N) is 3. The first-order valence-corrected chi connectivity index (χ1v) is 8.71. The maximum atomic E-state index is 12.5. The Morgan fingerprint density at radius 1 is 1.12 bits per heavy atom. The fourth-order valence-electron chi connectivity index (χ4n) is 3.37. The Morgan fingerprint density at radius 2 is 1.76 bits per heavy atom. The minimum absolute atomic E-state index is 0.133. The van der Waals surface area contributed by atoms with Gasteiger partial charge in [0.05, 0.1) is 11.6 Å². The van der Waals surface area contributed by atoms with Crippen LogP contribution in [0.5, 0.6) is 0 Å². The van der Waals surface area contributed by atoms with Crippen LogP contribution in [0.25, 0.3) is 0 Å². The van der Waals surface area contributed by atoms with Gasteiger partial charge in [-0.05, 0) is 49.7 Å². The average Bonchev–Trinajstić information content (AvgIpc) is 2.69. The highest BCUT2D eigenvalue weighted by molar-refractivity contribution is 5.94. The second kappa shape index (κ2) is 7.96. The molecule has 0 atom stereocenters. The van der Waals surface area contributed by atoms with E-state index in [4.69, 9.17) is 5.26 Å². The molecule has 128 valence electrons. The highest BCUT2D eigenvalue weighted by Crippen LogP contribution is 2.19. The van der Waals surface area contributed by atoms with Crippen LogP contribution in [0.3, 0.4) is 0 Å². The molecule has 4 heteroatoms. The number of carbonyl (C=O) groups is 1. The molecule has 1 aliphatic heterocycles. The molecule has 1 amide bonds. The number of piperidine rings is 1. The van der Waals surface area contributed by atoms with Crippen LogP contribution in [-0.4, -0.2) is 41.9 Å². The van der Waals surface area contributed by atoms with E-state index in [0.717, 1.165) is 38.0 Å². The summed E-state index contributed by atoms with van der Waals surface area (Å²) < 4.78 is 0. The van der Waals surface area contributed by atoms with Crippen molar-refractivity contribution in [3.63, 3.8) is 0 Å². The first-order valence-electron chi connectivity index (χ1n) is 8.71. The first-order chi connectivity index (χ1) is 12.2. The number of hydrogen-bond donors (Lipinski definition) is 0. The zero-order valence-corrected chi connectivity index (χ0v) is 14.6. The quantitative estimate of drug-likeness (QED) is 0.862. The molecule has 0 saturated carbocycles. The normalized spacial score (nSPS) is 15.2. The second-order valence-corrected chi connectivity index (χ2v) is 6.61. The van der Waals surface area contributed by atoms with E-state index in [-0.39, 0.29) is 5.91 Å². The Kier molecular flexibility index (Phi) is 5.47. The van der Waals surface area contributed by atoms with Gasteiger partial charge in [0.15, 0.2) is 0 Å². The lowest BCUT2D eigenvalue weighted by atomic mass is 10.0. The minimum Gasteiger partial charge on any atom is -0.339 e. The Labute approximate surface area is 149 Å². The highest BCUT2D eigenvalue weighted by Gasteiger charge is 2.25. The molecule has 0 unspecified atom stereocenters. The molecule has 1 heterocycles. The smallest absolute Gasteiger partial charge is 0.253 e. The van der Waals surface area contributed by atoms with Crippen LogP contribution in [0.2, 0.25) is 0 Å². The molecule has 2 aromatic carbocycles. The summed E-state index contributed by atoms with van der Waals surface area (Å²) in [4.78, 5) is 16.8. The molecular weight excluding hydrogens is 310 g/mol. The fraction of sp³-hybridized carbons (Fsp3) is 0.333. The van der Waals surface area contributed by atoms with Gasteiger partial charge in [-0.1, -0.05) is 30.3 Å². The molecule has 3 rings (SSSR count). The maximum absolute atomic E-state index is 12.5. The number of amides is 1. The Hall–Kier alpha value is -2.64. The van der Waals surface area contributed by atoms with Crippen LogP contribution >= 0.6 is 0 Å². The van der Waals surface area contributed by atoms with Gasteiger partial charge < -0.3 is 4.90 Å². The predicted molar refractivity (Wildman–Crippen MR) is 98.0 cm³/mol. The van der Waals surface area contributed by atoms with E-state index in [2.05, 4.69) is 18.0 Å².